The standard InChI is InChI=1S/C10H16O4/c1-9(2,12)13-6-7-5-10(7)4-3-8(11)14-10/h7,12H,3-6H2,1-2H3. The van der Waals surface area contributed by atoms with Crippen LogP contribution in [0.25, 0.3) is 0 Å². The second-order valence-corrected chi connectivity index (χ2v) is 4.70. The zero-order chi connectivity index (χ0) is 10.4. The third-order valence-electron chi connectivity index (χ3n) is 2.88. The average molecular weight is 200 g/mol. The number of hydrogen-bond donors (Lipinski definition) is 1. The topological polar surface area (TPSA) is 55.8 Å². The van der Waals surface area contributed by atoms with Crippen LogP contribution in [0.15, 0.2) is 0 Å². The van der Waals surface area contributed by atoms with Crippen LogP contribution in [0.2, 0.25) is 0 Å². The van der Waals surface area contributed by atoms with Gasteiger partial charge in [-0.1, -0.05) is 0 Å². The molecule has 1 spiro atoms. The van der Waals surface area contributed by atoms with Gasteiger partial charge in [-0.3, -0.25) is 4.79 Å². The van der Waals surface area contributed by atoms with E-state index in [1.807, 2.05) is 0 Å². The summed E-state index contributed by atoms with van der Waals surface area (Å²) in [5.74, 6) is -0.914. The second kappa shape index (κ2) is 2.94. The van der Waals surface area contributed by atoms with Crippen LogP contribution >= 0.6 is 0 Å². The van der Waals surface area contributed by atoms with Crippen LogP contribution in [-0.4, -0.2) is 29.1 Å². The molecule has 0 bridgehead atoms. The van der Waals surface area contributed by atoms with E-state index in [0.717, 1.165) is 12.8 Å². The Labute approximate surface area is 83.2 Å². The summed E-state index contributed by atoms with van der Waals surface area (Å²) in [6, 6.07) is 0. The van der Waals surface area contributed by atoms with Gasteiger partial charge in [-0.25, -0.2) is 0 Å². The van der Waals surface area contributed by atoms with Crippen LogP contribution in [-0.2, 0) is 14.3 Å². The maximum Gasteiger partial charge on any atom is 0.306 e. The summed E-state index contributed by atoms with van der Waals surface area (Å²) in [5.41, 5.74) is -0.234. The zero-order valence-corrected chi connectivity index (χ0v) is 8.58. The molecule has 0 aromatic carbocycles. The largest absolute Gasteiger partial charge is 0.459 e. The Balaban J connectivity index is 1.79. The van der Waals surface area contributed by atoms with Gasteiger partial charge in [0.05, 0.1) is 6.61 Å². The van der Waals surface area contributed by atoms with Gasteiger partial charge < -0.3 is 14.6 Å². The SMILES string of the molecule is CC(C)(O)OCC1CC12CCC(=O)O2. The van der Waals surface area contributed by atoms with Crippen molar-refractivity contribution in [3.8, 4) is 0 Å². The number of rotatable bonds is 3. The Morgan fingerprint density at radius 2 is 2.43 bits per heavy atom. The predicted molar refractivity (Wildman–Crippen MR) is 48.4 cm³/mol. The molecule has 2 unspecified atom stereocenters. The molecule has 0 aromatic rings. The van der Waals surface area contributed by atoms with Crippen LogP contribution in [0.1, 0.15) is 33.1 Å². The lowest BCUT2D eigenvalue weighted by Gasteiger charge is -2.18. The number of carbonyl (C=O) groups is 1. The van der Waals surface area contributed by atoms with Gasteiger partial charge in [0.15, 0.2) is 5.79 Å². The first-order chi connectivity index (χ1) is 6.41. The van der Waals surface area contributed by atoms with E-state index < -0.39 is 5.79 Å². The van der Waals surface area contributed by atoms with Gasteiger partial charge in [0.2, 0.25) is 0 Å². The lowest BCUT2D eigenvalue weighted by Crippen LogP contribution is -2.26. The van der Waals surface area contributed by atoms with Gasteiger partial charge in [0.25, 0.3) is 0 Å². The van der Waals surface area contributed by atoms with Crippen molar-refractivity contribution in [2.75, 3.05) is 6.61 Å². The van der Waals surface area contributed by atoms with E-state index in [4.69, 9.17) is 9.47 Å². The third-order valence-corrected chi connectivity index (χ3v) is 2.88. The molecule has 0 radical (unpaired) electrons. The summed E-state index contributed by atoms with van der Waals surface area (Å²) < 4.78 is 10.5. The van der Waals surface area contributed by atoms with Gasteiger partial charge in [-0.15, -0.1) is 0 Å². The summed E-state index contributed by atoms with van der Waals surface area (Å²) in [4.78, 5) is 10.9. The molecule has 0 amide bonds. The molecular formula is C10H16O4. The van der Waals surface area contributed by atoms with Crippen molar-refractivity contribution >= 4 is 5.97 Å². The highest BCUT2D eigenvalue weighted by atomic mass is 16.6. The first-order valence-corrected chi connectivity index (χ1v) is 4.99. The summed E-state index contributed by atoms with van der Waals surface area (Å²) in [6.07, 6.45) is 2.22. The first kappa shape index (κ1) is 9.93. The number of hydrogen-bond acceptors (Lipinski definition) is 4. The molecule has 14 heavy (non-hydrogen) atoms. The Morgan fingerprint density at radius 1 is 1.71 bits per heavy atom. The minimum absolute atomic E-state index is 0.101. The second-order valence-electron chi connectivity index (χ2n) is 4.70. The summed E-state index contributed by atoms with van der Waals surface area (Å²) in [5, 5.41) is 9.35. The smallest absolute Gasteiger partial charge is 0.306 e. The Bertz CT molecular complexity index is 255. The quantitative estimate of drug-likeness (QED) is 0.541. The third kappa shape index (κ3) is 1.91. The van der Waals surface area contributed by atoms with Crippen molar-refractivity contribution in [1.29, 1.82) is 0 Å². The van der Waals surface area contributed by atoms with Gasteiger partial charge in [0, 0.05) is 12.3 Å². The predicted octanol–water partition coefficient (Wildman–Crippen LogP) is 0.827. The molecule has 1 saturated heterocycles. The maximum atomic E-state index is 10.9. The molecule has 1 aliphatic heterocycles. The Morgan fingerprint density at radius 3 is 2.93 bits per heavy atom. The summed E-state index contributed by atoms with van der Waals surface area (Å²) in [6.45, 7) is 3.67. The fourth-order valence-electron chi connectivity index (χ4n) is 1.95. The van der Waals surface area contributed by atoms with Gasteiger partial charge in [-0.05, 0) is 26.7 Å². The monoisotopic (exact) mass is 200 g/mol. The van der Waals surface area contributed by atoms with E-state index in [1.54, 1.807) is 13.8 Å². The molecule has 2 aliphatic rings. The van der Waals surface area contributed by atoms with Gasteiger partial charge >= 0.3 is 5.97 Å². The number of carbonyl (C=O) groups excluding carboxylic acids is 1. The molecule has 4 heteroatoms. The van der Waals surface area contributed by atoms with Crippen LogP contribution in [0.5, 0.6) is 0 Å². The van der Waals surface area contributed by atoms with E-state index in [1.165, 1.54) is 0 Å². The molecule has 4 nitrogen and oxygen atoms in total. The van der Waals surface area contributed by atoms with E-state index >= 15 is 0 Å². The molecular weight excluding hydrogens is 184 g/mol. The van der Waals surface area contributed by atoms with E-state index in [-0.39, 0.29) is 17.5 Å². The molecule has 1 saturated carbocycles. The summed E-state index contributed by atoms with van der Waals surface area (Å²) in [7, 11) is 0. The summed E-state index contributed by atoms with van der Waals surface area (Å²) >= 11 is 0. The number of esters is 1. The van der Waals surface area contributed by atoms with E-state index in [9.17, 15) is 9.90 Å². The van der Waals surface area contributed by atoms with Crippen LogP contribution < -0.4 is 0 Å². The maximum absolute atomic E-state index is 10.9. The molecule has 1 aliphatic carbocycles. The van der Waals surface area contributed by atoms with Crippen molar-refractivity contribution in [3.63, 3.8) is 0 Å². The molecule has 1 N–H and O–H groups in total. The molecule has 80 valence electrons. The molecule has 2 rings (SSSR count). The molecule has 2 atom stereocenters. The fourth-order valence-corrected chi connectivity index (χ4v) is 1.95. The van der Waals surface area contributed by atoms with Crippen molar-refractivity contribution in [2.24, 2.45) is 5.92 Å². The van der Waals surface area contributed by atoms with Gasteiger partial charge in [-0.2, -0.15) is 0 Å². The van der Waals surface area contributed by atoms with Crippen LogP contribution in [0.4, 0.5) is 0 Å². The van der Waals surface area contributed by atoms with Crippen molar-refractivity contribution in [2.45, 2.75) is 44.5 Å². The van der Waals surface area contributed by atoms with Gasteiger partial charge in [0.1, 0.15) is 5.60 Å². The van der Waals surface area contributed by atoms with E-state index in [2.05, 4.69) is 0 Å². The number of ether oxygens (including phenoxy) is 2. The Kier molecular flexibility index (Phi) is 2.08. The normalized spacial score (nSPS) is 36.2. The highest BCUT2D eigenvalue weighted by Crippen LogP contribution is 2.53. The molecule has 0 aromatic heterocycles. The number of aliphatic hydroxyl groups is 1. The van der Waals surface area contributed by atoms with Crippen LogP contribution in [0.3, 0.4) is 0 Å². The van der Waals surface area contributed by atoms with E-state index in [0.29, 0.717) is 13.0 Å². The highest BCUT2D eigenvalue weighted by molar-refractivity contribution is 5.73. The van der Waals surface area contributed by atoms with Crippen molar-refractivity contribution in [3.05, 3.63) is 0 Å². The highest BCUT2D eigenvalue weighted by Gasteiger charge is 2.60. The minimum Gasteiger partial charge on any atom is -0.459 e. The molecule has 2 fully saturated rings. The van der Waals surface area contributed by atoms with Crippen LogP contribution in [0, 0.1) is 5.92 Å². The zero-order valence-electron chi connectivity index (χ0n) is 8.58. The minimum atomic E-state index is -1.09. The fraction of sp³-hybridized carbons (Fsp3) is 0.900. The first-order valence-electron chi connectivity index (χ1n) is 4.99. The Hall–Kier alpha value is -0.610. The lowest BCUT2D eigenvalue weighted by atomic mass is 10.2. The lowest BCUT2D eigenvalue weighted by molar-refractivity contribution is -0.181. The molecule has 1 heterocycles. The van der Waals surface area contributed by atoms with Crippen molar-refractivity contribution < 1.29 is 19.4 Å². The van der Waals surface area contributed by atoms with Crippen molar-refractivity contribution in [1.82, 2.24) is 0 Å². The average Bonchev–Trinajstić information content (AvgIpc) is 2.57.